The molecular weight excluding hydrogens is 341 g/mol. The Balaban J connectivity index is 0. The molecule has 0 aromatic carbocycles. The van der Waals surface area contributed by atoms with Crippen molar-refractivity contribution in [1.82, 2.24) is 10.6 Å². The van der Waals surface area contributed by atoms with Gasteiger partial charge in [-0.15, -0.1) is 24.0 Å². The van der Waals surface area contributed by atoms with Crippen molar-refractivity contribution in [3.63, 3.8) is 0 Å². The fraction of sp³-hybridized carbons (Fsp3) is 0.778. The van der Waals surface area contributed by atoms with Crippen molar-refractivity contribution in [2.45, 2.75) is 6.42 Å². The highest BCUT2D eigenvalue weighted by molar-refractivity contribution is 14.0. The minimum Gasteiger partial charge on any atom is -0.469 e. The quantitative estimate of drug-likeness (QED) is 0.240. The normalized spacial score (nSPS) is 10.3. The largest absolute Gasteiger partial charge is 0.469 e. The van der Waals surface area contributed by atoms with Gasteiger partial charge in [-0.05, 0) is 6.26 Å². The van der Waals surface area contributed by atoms with Crippen molar-refractivity contribution < 1.29 is 9.53 Å². The zero-order valence-electron chi connectivity index (χ0n) is 9.91. The number of hydrogen-bond acceptors (Lipinski definition) is 4. The van der Waals surface area contributed by atoms with E-state index in [9.17, 15) is 4.79 Å². The average Bonchev–Trinajstić information content (AvgIpc) is 2.26. The van der Waals surface area contributed by atoms with Gasteiger partial charge >= 0.3 is 5.97 Å². The number of esters is 1. The molecule has 0 aromatic rings. The monoisotopic (exact) mass is 361 g/mol. The Bertz CT molecular complexity index is 215. The maximum absolute atomic E-state index is 10.8. The second-order valence-corrected chi connectivity index (χ2v) is 3.73. The Morgan fingerprint density at radius 2 is 2.00 bits per heavy atom. The molecule has 0 bridgehead atoms. The summed E-state index contributed by atoms with van der Waals surface area (Å²) < 4.78 is 4.52. The summed E-state index contributed by atoms with van der Waals surface area (Å²) >= 11 is 1.77. The number of methoxy groups -OCH3 is 1. The Labute approximate surface area is 118 Å². The first-order valence-corrected chi connectivity index (χ1v) is 6.14. The van der Waals surface area contributed by atoms with Gasteiger partial charge in [0.1, 0.15) is 0 Å². The lowest BCUT2D eigenvalue weighted by molar-refractivity contribution is -0.140. The predicted molar refractivity (Wildman–Crippen MR) is 79.8 cm³/mol. The minimum absolute atomic E-state index is 0. The summed E-state index contributed by atoms with van der Waals surface area (Å²) in [5, 5.41) is 6.15. The molecule has 5 nitrogen and oxygen atoms in total. The van der Waals surface area contributed by atoms with Crippen LogP contribution in [0.25, 0.3) is 0 Å². The number of nitrogens with zero attached hydrogens (tertiary/aromatic N) is 1. The van der Waals surface area contributed by atoms with Gasteiger partial charge in [0.2, 0.25) is 0 Å². The number of carbonyl (C=O) groups is 1. The van der Waals surface area contributed by atoms with E-state index in [2.05, 4.69) is 26.6 Å². The predicted octanol–water partition coefficient (Wildman–Crippen LogP) is 0.695. The van der Waals surface area contributed by atoms with E-state index in [0.29, 0.717) is 18.9 Å². The third-order valence-electron chi connectivity index (χ3n) is 1.67. The lowest BCUT2D eigenvalue weighted by atomic mass is 10.4. The van der Waals surface area contributed by atoms with Gasteiger partial charge in [-0.1, -0.05) is 0 Å². The summed E-state index contributed by atoms with van der Waals surface area (Å²) in [5.41, 5.74) is 0. The summed E-state index contributed by atoms with van der Waals surface area (Å²) in [4.78, 5) is 14.8. The van der Waals surface area contributed by atoms with Crippen molar-refractivity contribution in [2.75, 3.05) is 39.3 Å². The summed E-state index contributed by atoms with van der Waals surface area (Å²) in [7, 11) is 3.08. The Kier molecular flexibility index (Phi) is 14.7. The van der Waals surface area contributed by atoms with Crippen LogP contribution in [0.5, 0.6) is 0 Å². The molecule has 0 unspecified atom stereocenters. The van der Waals surface area contributed by atoms with Gasteiger partial charge in [0, 0.05) is 25.9 Å². The van der Waals surface area contributed by atoms with Gasteiger partial charge in [0.25, 0.3) is 0 Å². The first-order valence-electron chi connectivity index (χ1n) is 4.74. The molecule has 0 aliphatic carbocycles. The molecule has 0 aromatic heterocycles. The third kappa shape index (κ3) is 10.3. The molecule has 2 N–H and O–H groups in total. The van der Waals surface area contributed by atoms with Gasteiger partial charge < -0.3 is 15.4 Å². The zero-order chi connectivity index (χ0) is 11.5. The molecule has 96 valence electrons. The molecule has 0 aliphatic rings. The topological polar surface area (TPSA) is 62.7 Å². The van der Waals surface area contributed by atoms with Crippen LogP contribution in [0, 0.1) is 0 Å². The Morgan fingerprint density at radius 3 is 2.50 bits per heavy atom. The van der Waals surface area contributed by atoms with Crippen LogP contribution in [-0.2, 0) is 9.53 Å². The third-order valence-corrected chi connectivity index (χ3v) is 2.28. The number of nitrogens with one attached hydrogen (secondary N) is 2. The molecule has 0 saturated heterocycles. The average molecular weight is 361 g/mol. The van der Waals surface area contributed by atoms with E-state index in [4.69, 9.17) is 0 Å². The SMILES string of the molecule is CN=C(NCCSC)NCCC(=O)OC.I. The lowest BCUT2D eigenvalue weighted by Gasteiger charge is -2.10. The van der Waals surface area contributed by atoms with Crippen LogP contribution >= 0.6 is 35.7 Å². The number of halogens is 1. The van der Waals surface area contributed by atoms with Gasteiger partial charge in [-0.2, -0.15) is 11.8 Å². The molecule has 0 rings (SSSR count). The number of rotatable bonds is 6. The lowest BCUT2D eigenvalue weighted by Crippen LogP contribution is -2.39. The molecule has 0 aliphatic heterocycles. The van der Waals surface area contributed by atoms with E-state index >= 15 is 0 Å². The maximum Gasteiger partial charge on any atom is 0.307 e. The standard InChI is InChI=1S/C9H19N3O2S.HI/c1-10-9(12-6-7-15-3)11-5-4-8(13)14-2;/h4-7H2,1-3H3,(H2,10,11,12);1H. The molecule has 0 amide bonds. The maximum atomic E-state index is 10.8. The molecule has 7 heteroatoms. The van der Waals surface area contributed by atoms with E-state index in [1.165, 1.54) is 7.11 Å². The highest BCUT2D eigenvalue weighted by Crippen LogP contribution is 1.87. The van der Waals surface area contributed by atoms with Crippen molar-refractivity contribution >= 4 is 47.7 Å². The molecule has 0 spiro atoms. The van der Waals surface area contributed by atoms with Crippen LogP contribution in [0.1, 0.15) is 6.42 Å². The van der Waals surface area contributed by atoms with Crippen LogP contribution in [0.2, 0.25) is 0 Å². The number of hydrogen-bond donors (Lipinski definition) is 2. The highest BCUT2D eigenvalue weighted by Gasteiger charge is 2.00. The van der Waals surface area contributed by atoms with Gasteiger partial charge in [-0.3, -0.25) is 9.79 Å². The molecule has 0 heterocycles. The van der Waals surface area contributed by atoms with Crippen LogP contribution in [0.3, 0.4) is 0 Å². The van der Waals surface area contributed by atoms with Crippen LogP contribution in [0.4, 0.5) is 0 Å². The van der Waals surface area contributed by atoms with Crippen molar-refractivity contribution in [2.24, 2.45) is 4.99 Å². The van der Waals surface area contributed by atoms with E-state index < -0.39 is 0 Å². The van der Waals surface area contributed by atoms with Crippen molar-refractivity contribution in [3.05, 3.63) is 0 Å². The number of thioether (sulfide) groups is 1. The van der Waals surface area contributed by atoms with Gasteiger partial charge in [0.15, 0.2) is 5.96 Å². The summed E-state index contributed by atoms with van der Waals surface area (Å²) in [6.45, 7) is 1.39. The van der Waals surface area contributed by atoms with Crippen LogP contribution < -0.4 is 10.6 Å². The zero-order valence-corrected chi connectivity index (χ0v) is 13.1. The van der Waals surface area contributed by atoms with Gasteiger partial charge in [-0.25, -0.2) is 0 Å². The number of aliphatic imine (C=N–C) groups is 1. The molecule has 0 atom stereocenters. The Morgan fingerprint density at radius 1 is 1.38 bits per heavy atom. The van der Waals surface area contributed by atoms with Crippen LogP contribution in [0.15, 0.2) is 4.99 Å². The summed E-state index contributed by atoms with van der Waals surface area (Å²) in [5.74, 6) is 1.52. The molecule has 0 fully saturated rings. The molecule has 16 heavy (non-hydrogen) atoms. The fourth-order valence-electron chi connectivity index (χ4n) is 0.877. The number of guanidine groups is 1. The Hall–Kier alpha value is -0.180. The molecule has 0 saturated carbocycles. The second kappa shape index (κ2) is 12.9. The fourth-order valence-corrected chi connectivity index (χ4v) is 1.18. The summed E-state index contributed by atoms with van der Waals surface area (Å²) in [6, 6.07) is 0. The van der Waals surface area contributed by atoms with E-state index in [1.807, 2.05) is 0 Å². The minimum atomic E-state index is -0.220. The molecular formula is C9H20IN3O2S. The summed E-state index contributed by atoms with van der Waals surface area (Å²) in [6.07, 6.45) is 2.40. The van der Waals surface area contributed by atoms with Crippen LogP contribution in [-0.4, -0.2) is 51.2 Å². The van der Waals surface area contributed by atoms with Crippen molar-refractivity contribution in [1.29, 1.82) is 0 Å². The highest BCUT2D eigenvalue weighted by atomic mass is 127. The first kappa shape index (κ1) is 18.2. The van der Waals surface area contributed by atoms with E-state index in [-0.39, 0.29) is 29.9 Å². The molecule has 0 radical (unpaired) electrons. The smallest absolute Gasteiger partial charge is 0.307 e. The first-order chi connectivity index (χ1) is 7.24. The number of carbonyl (C=O) groups excluding carboxylic acids is 1. The number of ether oxygens (including phenoxy) is 1. The van der Waals surface area contributed by atoms with E-state index in [1.54, 1.807) is 18.8 Å². The van der Waals surface area contributed by atoms with Crippen molar-refractivity contribution in [3.8, 4) is 0 Å². The van der Waals surface area contributed by atoms with E-state index in [0.717, 1.165) is 12.3 Å². The van der Waals surface area contributed by atoms with Gasteiger partial charge in [0.05, 0.1) is 13.5 Å². The second-order valence-electron chi connectivity index (χ2n) is 2.74.